The minimum absolute atomic E-state index is 0.110. The molecule has 0 bridgehead atoms. The Morgan fingerprint density at radius 3 is 2.59 bits per heavy atom. The van der Waals surface area contributed by atoms with Crippen LogP contribution in [0.5, 0.6) is 11.5 Å². The Hall–Kier alpha value is -3.80. The van der Waals surface area contributed by atoms with Crippen LogP contribution < -0.4 is 9.47 Å². The van der Waals surface area contributed by atoms with E-state index < -0.39 is 12.1 Å². The third kappa shape index (κ3) is 3.79. The van der Waals surface area contributed by atoms with Crippen molar-refractivity contribution >= 4 is 16.9 Å². The number of halogens is 1. The van der Waals surface area contributed by atoms with Gasteiger partial charge in [0.05, 0.1) is 19.8 Å². The highest BCUT2D eigenvalue weighted by Gasteiger charge is 2.31. The molecule has 174 valence electrons. The number of ether oxygens (including phenoxy) is 2. The highest BCUT2D eigenvalue weighted by Crippen LogP contribution is 2.44. The third-order valence-electron chi connectivity index (χ3n) is 6.54. The van der Waals surface area contributed by atoms with Crippen LogP contribution >= 0.6 is 0 Å². The molecule has 1 aliphatic carbocycles. The largest absolute Gasteiger partial charge is 0.497 e. The van der Waals surface area contributed by atoms with E-state index in [1.54, 1.807) is 25.3 Å². The second kappa shape index (κ2) is 8.52. The summed E-state index contributed by atoms with van der Waals surface area (Å²) in [4.78, 5) is 11.1. The number of methoxy groups -OCH3 is 1. The normalized spacial score (nSPS) is 14.9. The van der Waals surface area contributed by atoms with E-state index in [0.717, 1.165) is 39.0 Å². The van der Waals surface area contributed by atoms with Crippen molar-refractivity contribution in [2.75, 3.05) is 7.11 Å². The number of benzene rings is 3. The van der Waals surface area contributed by atoms with Crippen LogP contribution in [0.3, 0.4) is 0 Å². The van der Waals surface area contributed by atoms with Crippen LogP contribution in [-0.4, -0.2) is 18.2 Å². The van der Waals surface area contributed by atoms with Gasteiger partial charge in [0.2, 0.25) is 0 Å². The van der Waals surface area contributed by atoms with E-state index in [-0.39, 0.29) is 12.2 Å². The molecule has 1 atom stereocenters. The van der Waals surface area contributed by atoms with Gasteiger partial charge in [-0.15, -0.1) is 0 Å². The van der Waals surface area contributed by atoms with Crippen molar-refractivity contribution in [2.45, 2.75) is 39.2 Å². The minimum Gasteiger partial charge on any atom is -0.497 e. The molecule has 1 unspecified atom stereocenters. The molecule has 1 N–H and O–H groups in total. The Kier molecular flexibility index (Phi) is 5.52. The molecule has 0 saturated heterocycles. The first-order valence-corrected chi connectivity index (χ1v) is 11.2. The van der Waals surface area contributed by atoms with Crippen LogP contribution in [0.4, 0.5) is 4.39 Å². The van der Waals surface area contributed by atoms with Gasteiger partial charge >= 0.3 is 5.97 Å². The zero-order chi connectivity index (χ0) is 24.0. The first-order valence-electron chi connectivity index (χ1n) is 11.2. The molecule has 0 spiro atoms. The maximum Gasteiger partial charge on any atom is 0.307 e. The quantitative estimate of drug-likeness (QED) is 0.353. The number of hydrogen-bond donors (Lipinski definition) is 1. The Morgan fingerprint density at radius 1 is 1.12 bits per heavy atom. The molecule has 4 aromatic rings. The standard InChI is InChI=1S/C28H25FO5/c1-15-10-19(32-3)11-16(2)27(15)21-6-8-23(29)28-22(21)7-9-24(28)34-18-4-5-20-17(12-26(30)31)14-33-25(20)13-18/h4-6,8,10-11,13-14,24H,7,9,12H2,1-3H3,(H,30,31). The number of carbonyl (C=O) groups is 1. The zero-order valence-electron chi connectivity index (χ0n) is 19.3. The molecule has 5 nitrogen and oxygen atoms in total. The van der Waals surface area contributed by atoms with Crippen LogP contribution in [0.1, 0.15) is 40.3 Å². The van der Waals surface area contributed by atoms with E-state index in [9.17, 15) is 4.79 Å². The van der Waals surface area contributed by atoms with Crippen molar-refractivity contribution in [3.05, 3.63) is 82.4 Å². The smallest absolute Gasteiger partial charge is 0.307 e. The average Bonchev–Trinajstić information content (AvgIpc) is 3.39. The fraction of sp³-hybridized carbons (Fsp3) is 0.250. The molecule has 1 heterocycles. The van der Waals surface area contributed by atoms with E-state index in [2.05, 4.69) is 0 Å². The fourth-order valence-electron chi connectivity index (χ4n) is 5.09. The number of carboxylic acid groups (broad SMARTS) is 1. The van der Waals surface area contributed by atoms with Gasteiger partial charge in [-0.2, -0.15) is 0 Å². The summed E-state index contributed by atoms with van der Waals surface area (Å²) in [6.45, 7) is 4.08. The van der Waals surface area contributed by atoms with Gasteiger partial charge in [-0.05, 0) is 84.8 Å². The van der Waals surface area contributed by atoms with Crippen LogP contribution in [0, 0.1) is 19.7 Å². The van der Waals surface area contributed by atoms with Gasteiger partial charge in [-0.1, -0.05) is 6.07 Å². The number of hydrogen-bond acceptors (Lipinski definition) is 4. The van der Waals surface area contributed by atoms with E-state index in [0.29, 0.717) is 35.3 Å². The number of aliphatic carboxylic acids is 1. The molecule has 0 saturated carbocycles. The lowest BCUT2D eigenvalue weighted by Gasteiger charge is -2.18. The highest BCUT2D eigenvalue weighted by molar-refractivity contribution is 5.86. The van der Waals surface area contributed by atoms with Gasteiger partial charge in [-0.25, -0.2) is 4.39 Å². The summed E-state index contributed by atoms with van der Waals surface area (Å²) in [5.74, 6) is 0.175. The Balaban J connectivity index is 1.49. The Morgan fingerprint density at radius 2 is 1.88 bits per heavy atom. The summed E-state index contributed by atoms with van der Waals surface area (Å²) in [5, 5.41) is 9.80. The SMILES string of the molecule is COc1cc(C)c(-c2ccc(F)c3c2CCC3Oc2ccc3c(CC(=O)O)coc3c2)c(C)c1. The van der Waals surface area contributed by atoms with Crippen molar-refractivity contribution in [1.29, 1.82) is 0 Å². The van der Waals surface area contributed by atoms with Gasteiger partial charge in [0.25, 0.3) is 0 Å². The average molecular weight is 461 g/mol. The molecular weight excluding hydrogens is 435 g/mol. The van der Waals surface area contributed by atoms with Crippen LogP contribution in [-0.2, 0) is 17.6 Å². The lowest BCUT2D eigenvalue weighted by molar-refractivity contribution is -0.136. The van der Waals surface area contributed by atoms with Gasteiger partial charge in [-0.3, -0.25) is 4.79 Å². The van der Waals surface area contributed by atoms with E-state index >= 15 is 4.39 Å². The zero-order valence-corrected chi connectivity index (χ0v) is 19.3. The summed E-state index contributed by atoms with van der Waals surface area (Å²) in [6, 6.07) is 12.7. The molecule has 0 fully saturated rings. The number of fused-ring (bicyclic) bond motifs is 2. The molecule has 34 heavy (non-hydrogen) atoms. The second-order valence-electron chi connectivity index (χ2n) is 8.76. The van der Waals surface area contributed by atoms with E-state index in [1.807, 2.05) is 32.0 Å². The maximum absolute atomic E-state index is 15.1. The minimum atomic E-state index is -0.917. The summed E-state index contributed by atoms with van der Waals surface area (Å²) in [6.07, 6.45) is 2.31. The summed E-state index contributed by atoms with van der Waals surface area (Å²) >= 11 is 0. The van der Waals surface area contributed by atoms with Gasteiger partial charge in [0.1, 0.15) is 29.0 Å². The van der Waals surface area contributed by atoms with E-state index in [1.165, 1.54) is 12.3 Å². The predicted octanol–water partition coefficient (Wildman–Crippen LogP) is 6.56. The van der Waals surface area contributed by atoms with Gasteiger partial charge in [0, 0.05) is 22.6 Å². The van der Waals surface area contributed by atoms with Crippen molar-refractivity contribution in [3.63, 3.8) is 0 Å². The first-order chi connectivity index (χ1) is 16.4. The molecular formula is C28H25FO5. The molecule has 0 radical (unpaired) electrons. The van der Waals surface area contributed by atoms with E-state index in [4.69, 9.17) is 19.0 Å². The molecule has 6 heteroatoms. The maximum atomic E-state index is 15.1. The van der Waals surface area contributed by atoms with Crippen molar-refractivity contribution < 1.29 is 28.2 Å². The Bertz CT molecular complexity index is 1400. The van der Waals surface area contributed by atoms with Gasteiger partial charge < -0.3 is 19.0 Å². The predicted molar refractivity (Wildman–Crippen MR) is 127 cm³/mol. The summed E-state index contributed by atoms with van der Waals surface area (Å²) in [7, 11) is 1.65. The third-order valence-corrected chi connectivity index (χ3v) is 6.54. The van der Waals surface area contributed by atoms with Crippen LogP contribution in [0.2, 0.25) is 0 Å². The molecule has 3 aromatic carbocycles. The molecule has 5 rings (SSSR count). The summed E-state index contributed by atoms with van der Waals surface area (Å²) in [5.41, 5.74) is 7.01. The number of aryl methyl sites for hydroxylation is 2. The van der Waals surface area contributed by atoms with Crippen LogP contribution in [0.15, 0.2) is 53.1 Å². The lowest BCUT2D eigenvalue weighted by Crippen LogP contribution is -2.06. The van der Waals surface area contributed by atoms with Crippen molar-refractivity contribution in [1.82, 2.24) is 0 Å². The highest BCUT2D eigenvalue weighted by atomic mass is 19.1. The molecule has 1 aliphatic rings. The van der Waals surface area contributed by atoms with Crippen molar-refractivity contribution in [3.8, 4) is 22.6 Å². The van der Waals surface area contributed by atoms with Crippen molar-refractivity contribution in [2.24, 2.45) is 0 Å². The second-order valence-corrected chi connectivity index (χ2v) is 8.76. The monoisotopic (exact) mass is 460 g/mol. The molecule has 0 amide bonds. The number of carboxylic acids is 1. The lowest BCUT2D eigenvalue weighted by atomic mass is 9.90. The van der Waals surface area contributed by atoms with Crippen LogP contribution in [0.25, 0.3) is 22.1 Å². The molecule has 0 aliphatic heterocycles. The Labute approximate surface area is 196 Å². The molecule has 1 aromatic heterocycles. The first kappa shape index (κ1) is 22.0. The summed E-state index contributed by atoms with van der Waals surface area (Å²) < 4.78 is 32.2. The topological polar surface area (TPSA) is 68.9 Å². The number of rotatable bonds is 6. The number of furan rings is 1. The van der Waals surface area contributed by atoms with Gasteiger partial charge in [0.15, 0.2) is 0 Å². The fourth-order valence-corrected chi connectivity index (χ4v) is 5.09.